The molecule has 1 aliphatic heterocycles. The van der Waals surface area contributed by atoms with Crippen LogP contribution in [0.4, 0.5) is 0 Å². The van der Waals surface area contributed by atoms with E-state index in [0.29, 0.717) is 34.9 Å². The van der Waals surface area contributed by atoms with Gasteiger partial charge in [-0.1, -0.05) is 6.07 Å². The molecule has 116 valence electrons. The molecule has 1 unspecified atom stereocenters. The van der Waals surface area contributed by atoms with Crippen LogP contribution in [0.3, 0.4) is 0 Å². The van der Waals surface area contributed by atoms with E-state index in [4.69, 9.17) is 13.9 Å². The Kier molecular flexibility index (Phi) is 4.35. The molecule has 2 heterocycles. The van der Waals surface area contributed by atoms with Crippen LogP contribution >= 0.6 is 15.9 Å². The number of fused-ring (bicyclic) bond motifs is 1. The molecule has 0 spiro atoms. The maximum atomic E-state index is 11.8. The molecule has 0 radical (unpaired) electrons. The number of amides is 1. The van der Waals surface area contributed by atoms with Gasteiger partial charge in [-0.3, -0.25) is 4.79 Å². The zero-order valence-corrected chi connectivity index (χ0v) is 13.1. The number of rotatable bonds is 4. The number of aliphatic hydroxyl groups is 1. The van der Waals surface area contributed by atoms with Gasteiger partial charge in [0, 0.05) is 6.54 Å². The fraction of sp³-hybridized carbons (Fsp3) is 0.267. The summed E-state index contributed by atoms with van der Waals surface area (Å²) in [6, 6.07) is 8.39. The van der Waals surface area contributed by atoms with Crippen molar-refractivity contribution in [2.24, 2.45) is 0 Å². The largest absolute Gasteiger partial charge is 0.486 e. The van der Waals surface area contributed by atoms with Gasteiger partial charge in [-0.25, -0.2) is 0 Å². The van der Waals surface area contributed by atoms with Gasteiger partial charge in [0.15, 0.2) is 21.9 Å². The first-order chi connectivity index (χ1) is 10.6. The number of halogens is 1. The van der Waals surface area contributed by atoms with Crippen LogP contribution in [0, 0.1) is 0 Å². The van der Waals surface area contributed by atoms with Crippen LogP contribution in [0.1, 0.15) is 22.2 Å². The highest BCUT2D eigenvalue weighted by atomic mass is 79.9. The van der Waals surface area contributed by atoms with E-state index in [1.165, 1.54) is 0 Å². The van der Waals surface area contributed by atoms with Gasteiger partial charge in [-0.15, -0.1) is 0 Å². The van der Waals surface area contributed by atoms with Gasteiger partial charge < -0.3 is 24.3 Å². The second-order valence-electron chi connectivity index (χ2n) is 4.73. The Hall–Kier alpha value is -1.99. The standard InChI is InChI=1S/C15H14BrNO5/c16-14-4-3-12(22-14)15(19)17-8-10(18)9-1-2-11-13(7-9)21-6-5-20-11/h1-4,7,10,18H,5-6,8H2,(H,17,19). The van der Waals surface area contributed by atoms with Crippen molar-refractivity contribution < 1.29 is 23.8 Å². The molecule has 22 heavy (non-hydrogen) atoms. The molecular weight excluding hydrogens is 354 g/mol. The van der Waals surface area contributed by atoms with Crippen LogP contribution in [-0.2, 0) is 0 Å². The topological polar surface area (TPSA) is 80.9 Å². The second-order valence-corrected chi connectivity index (χ2v) is 5.51. The quantitative estimate of drug-likeness (QED) is 0.866. The Balaban J connectivity index is 1.62. The van der Waals surface area contributed by atoms with Crippen molar-refractivity contribution in [1.29, 1.82) is 0 Å². The lowest BCUT2D eigenvalue weighted by Crippen LogP contribution is -2.28. The summed E-state index contributed by atoms with van der Waals surface area (Å²) in [6.07, 6.45) is -0.849. The SMILES string of the molecule is O=C(NCC(O)c1ccc2c(c1)OCCO2)c1ccc(Br)o1. The molecule has 0 saturated carbocycles. The third-order valence-corrected chi connectivity index (χ3v) is 3.63. The maximum Gasteiger partial charge on any atom is 0.287 e. The zero-order chi connectivity index (χ0) is 15.5. The molecule has 0 bridgehead atoms. The van der Waals surface area contributed by atoms with Gasteiger partial charge in [0.05, 0.1) is 6.10 Å². The van der Waals surface area contributed by atoms with Crippen LogP contribution < -0.4 is 14.8 Å². The predicted octanol–water partition coefficient (Wildman–Crippen LogP) is 2.28. The van der Waals surface area contributed by atoms with Crippen LogP contribution in [0.25, 0.3) is 0 Å². The van der Waals surface area contributed by atoms with Gasteiger partial charge in [0.1, 0.15) is 13.2 Å². The van der Waals surface area contributed by atoms with E-state index in [2.05, 4.69) is 21.2 Å². The number of ether oxygens (including phenoxy) is 2. The minimum atomic E-state index is -0.849. The summed E-state index contributed by atoms with van der Waals surface area (Å²) in [6.45, 7) is 1.07. The Bertz CT molecular complexity index is 684. The fourth-order valence-corrected chi connectivity index (χ4v) is 2.40. The average molecular weight is 368 g/mol. The molecule has 1 aliphatic rings. The Labute approximate surface area is 135 Å². The molecule has 0 saturated heterocycles. The monoisotopic (exact) mass is 367 g/mol. The van der Waals surface area contributed by atoms with Crippen molar-refractivity contribution in [3.63, 3.8) is 0 Å². The molecular formula is C15H14BrNO5. The zero-order valence-electron chi connectivity index (χ0n) is 11.5. The van der Waals surface area contributed by atoms with Crippen molar-refractivity contribution in [2.75, 3.05) is 19.8 Å². The number of aliphatic hydroxyl groups excluding tert-OH is 1. The third-order valence-electron chi connectivity index (χ3n) is 3.20. The molecule has 1 aromatic carbocycles. The van der Waals surface area contributed by atoms with E-state index in [1.54, 1.807) is 30.3 Å². The summed E-state index contributed by atoms with van der Waals surface area (Å²) in [5.74, 6) is 1.05. The summed E-state index contributed by atoms with van der Waals surface area (Å²) < 4.78 is 16.5. The number of benzene rings is 1. The van der Waals surface area contributed by atoms with Crippen molar-refractivity contribution >= 4 is 21.8 Å². The van der Waals surface area contributed by atoms with Crippen molar-refractivity contribution in [2.45, 2.75) is 6.10 Å². The van der Waals surface area contributed by atoms with Crippen molar-refractivity contribution in [3.05, 3.63) is 46.3 Å². The summed E-state index contributed by atoms with van der Waals surface area (Å²) in [5, 5.41) is 12.8. The highest BCUT2D eigenvalue weighted by Crippen LogP contribution is 2.32. The first-order valence-electron chi connectivity index (χ1n) is 6.74. The number of nitrogens with one attached hydrogen (secondary N) is 1. The lowest BCUT2D eigenvalue weighted by molar-refractivity contribution is 0.0887. The number of furan rings is 1. The highest BCUT2D eigenvalue weighted by molar-refractivity contribution is 9.10. The second kappa shape index (κ2) is 6.41. The molecule has 2 aromatic rings. The number of hydrogen-bond acceptors (Lipinski definition) is 5. The minimum Gasteiger partial charge on any atom is -0.486 e. The van der Waals surface area contributed by atoms with Crippen molar-refractivity contribution in [1.82, 2.24) is 5.32 Å². The van der Waals surface area contributed by atoms with Crippen LogP contribution in [0.2, 0.25) is 0 Å². The Morgan fingerprint density at radius 2 is 2.00 bits per heavy atom. The van der Waals surface area contributed by atoms with Gasteiger partial charge in [-0.2, -0.15) is 0 Å². The summed E-state index contributed by atoms with van der Waals surface area (Å²) >= 11 is 3.13. The van der Waals surface area contributed by atoms with Gasteiger partial charge >= 0.3 is 0 Å². The third kappa shape index (κ3) is 3.26. The van der Waals surface area contributed by atoms with Gasteiger partial charge in [-0.05, 0) is 45.8 Å². The molecule has 6 nitrogen and oxygen atoms in total. The molecule has 3 rings (SSSR count). The number of carbonyl (C=O) groups excluding carboxylic acids is 1. The van der Waals surface area contributed by atoms with Crippen molar-refractivity contribution in [3.8, 4) is 11.5 Å². The van der Waals surface area contributed by atoms with E-state index >= 15 is 0 Å². The summed E-state index contributed by atoms with van der Waals surface area (Å²) in [4.78, 5) is 11.8. The van der Waals surface area contributed by atoms with Gasteiger partial charge in [0.25, 0.3) is 5.91 Å². The molecule has 0 fully saturated rings. The fourth-order valence-electron chi connectivity index (χ4n) is 2.10. The van der Waals surface area contributed by atoms with E-state index in [-0.39, 0.29) is 18.2 Å². The van der Waals surface area contributed by atoms with E-state index in [0.717, 1.165) is 0 Å². The first-order valence-corrected chi connectivity index (χ1v) is 7.54. The van der Waals surface area contributed by atoms with E-state index in [1.807, 2.05) is 0 Å². The summed E-state index contributed by atoms with van der Waals surface area (Å²) in [7, 11) is 0. The van der Waals surface area contributed by atoms with Crippen LogP contribution in [0.5, 0.6) is 11.5 Å². The molecule has 1 atom stereocenters. The highest BCUT2D eigenvalue weighted by Gasteiger charge is 2.17. The van der Waals surface area contributed by atoms with E-state index in [9.17, 15) is 9.90 Å². The van der Waals surface area contributed by atoms with Crippen LogP contribution in [-0.4, -0.2) is 30.8 Å². The normalized spacial score (nSPS) is 14.5. The average Bonchev–Trinajstić information content (AvgIpc) is 2.98. The number of hydrogen-bond donors (Lipinski definition) is 2. The molecule has 7 heteroatoms. The molecule has 0 aliphatic carbocycles. The molecule has 1 amide bonds. The Morgan fingerprint density at radius 1 is 1.23 bits per heavy atom. The van der Waals surface area contributed by atoms with Gasteiger partial charge in [0.2, 0.25) is 0 Å². The Morgan fingerprint density at radius 3 is 2.73 bits per heavy atom. The minimum absolute atomic E-state index is 0.0663. The molecule has 1 aromatic heterocycles. The predicted molar refractivity (Wildman–Crippen MR) is 81.1 cm³/mol. The smallest absolute Gasteiger partial charge is 0.287 e. The first kappa shape index (κ1) is 14.9. The molecule has 2 N–H and O–H groups in total. The van der Waals surface area contributed by atoms with E-state index < -0.39 is 6.10 Å². The lowest BCUT2D eigenvalue weighted by atomic mass is 10.1. The van der Waals surface area contributed by atoms with Crippen LogP contribution in [0.15, 0.2) is 39.4 Å². The summed E-state index contributed by atoms with van der Waals surface area (Å²) in [5.41, 5.74) is 0.644. The maximum absolute atomic E-state index is 11.8. The number of carbonyl (C=O) groups is 1. The lowest BCUT2D eigenvalue weighted by Gasteiger charge is -2.20.